The van der Waals surface area contributed by atoms with Gasteiger partial charge in [-0.3, -0.25) is 24.6 Å². The van der Waals surface area contributed by atoms with E-state index in [4.69, 9.17) is 9.47 Å². The van der Waals surface area contributed by atoms with Crippen LogP contribution in [0.4, 0.5) is 11.4 Å². The minimum atomic E-state index is -0.546. The van der Waals surface area contributed by atoms with Crippen molar-refractivity contribution in [2.75, 3.05) is 31.2 Å². The van der Waals surface area contributed by atoms with Crippen LogP contribution in [0.5, 0.6) is 0 Å². The van der Waals surface area contributed by atoms with Crippen molar-refractivity contribution in [2.45, 2.75) is 38.0 Å². The van der Waals surface area contributed by atoms with Gasteiger partial charge in [0.2, 0.25) is 5.91 Å². The zero-order valence-electron chi connectivity index (χ0n) is 15.1. The number of imide groups is 1. The van der Waals surface area contributed by atoms with Crippen LogP contribution in [0.15, 0.2) is 18.2 Å². The van der Waals surface area contributed by atoms with Crippen molar-refractivity contribution >= 4 is 23.2 Å². The van der Waals surface area contributed by atoms with Gasteiger partial charge in [-0.1, -0.05) is 6.07 Å². The SMILES string of the molecule is Cc1ccc([N+](=O)[O-])cc1N1C(=O)C[C@@H](N2CCC3(CC2)OCCO3)C1=O. The van der Waals surface area contributed by atoms with Crippen LogP contribution < -0.4 is 4.90 Å². The molecule has 9 nitrogen and oxygen atoms in total. The molecule has 0 saturated carbocycles. The molecule has 3 heterocycles. The number of anilines is 1. The third-order valence-corrected chi connectivity index (χ3v) is 5.58. The largest absolute Gasteiger partial charge is 0.347 e. The Labute approximate surface area is 156 Å². The van der Waals surface area contributed by atoms with Gasteiger partial charge in [0.25, 0.3) is 11.6 Å². The average molecular weight is 375 g/mol. The molecule has 0 unspecified atom stereocenters. The zero-order chi connectivity index (χ0) is 19.2. The van der Waals surface area contributed by atoms with Crippen LogP contribution in [0.3, 0.4) is 0 Å². The van der Waals surface area contributed by atoms with Crippen LogP contribution in [-0.2, 0) is 19.1 Å². The third-order valence-electron chi connectivity index (χ3n) is 5.58. The number of rotatable bonds is 3. The number of aryl methyl sites for hydroxylation is 1. The Morgan fingerprint density at radius 1 is 1.19 bits per heavy atom. The Kier molecular flexibility index (Phi) is 4.45. The summed E-state index contributed by atoms with van der Waals surface area (Å²) in [6, 6.07) is 3.67. The quantitative estimate of drug-likeness (QED) is 0.447. The van der Waals surface area contributed by atoms with Gasteiger partial charge in [-0.05, 0) is 12.5 Å². The summed E-state index contributed by atoms with van der Waals surface area (Å²) in [4.78, 5) is 39.2. The van der Waals surface area contributed by atoms with Gasteiger partial charge in [-0.25, -0.2) is 4.90 Å². The first-order valence-electron chi connectivity index (χ1n) is 9.04. The summed E-state index contributed by atoms with van der Waals surface area (Å²) >= 11 is 0. The Morgan fingerprint density at radius 2 is 1.85 bits per heavy atom. The van der Waals surface area contributed by atoms with E-state index in [1.807, 2.05) is 4.90 Å². The van der Waals surface area contributed by atoms with Crippen molar-refractivity contribution in [2.24, 2.45) is 0 Å². The second kappa shape index (κ2) is 6.66. The van der Waals surface area contributed by atoms with Crippen molar-refractivity contribution in [3.05, 3.63) is 33.9 Å². The van der Waals surface area contributed by atoms with E-state index in [9.17, 15) is 19.7 Å². The van der Waals surface area contributed by atoms with Crippen LogP contribution in [0.1, 0.15) is 24.8 Å². The molecule has 9 heteroatoms. The van der Waals surface area contributed by atoms with Crippen LogP contribution in [0.2, 0.25) is 0 Å². The first-order chi connectivity index (χ1) is 12.9. The van der Waals surface area contributed by atoms with E-state index in [0.29, 0.717) is 44.7 Å². The second-order valence-electron chi connectivity index (χ2n) is 7.16. The lowest BCUT2D eigenvalue weighted by atomic mass is 10.0. The Morgan fingerprint density at radius 3 is 2.48 bits per heavy atom. The lowest BCUT2D eigenvalue weighted by molar-refractivity contribution is -0.384. The number of piperidine rings is 1. The van der Waals surface area contributed by atoms with Crippen molar-refractivity contribution < 1.29 is 24.0 Å². The molecule has 3 fully saturated rings. The fourth-order valence-corrected chi connectivity index (χ4v) is 4.07. The number of amides is 2. The Bertz CT molecular complexity index is 794. The number of hydrogen-bond acceptors (Lipinski definition) is 7. The van der Waals surface area contributed by atoms with Gasteiger partial charge in [0.1, 0.15) is 0 Å². The lowest BCUT2D eigenvalue weighted by Crippen LogP contribution is -2.51. The summed E-state index contributed by atoms with van der Waals surface area (Å²) in [6.07, 6.45) is 1.39. The highest BCUT2D eigenvalue weighted by molar-refractivity contribution is 6.22. The normalized spacial score (nSPS) is 25.5. The van der Waals surface area contributed by atoms with E-state index in [1.165, 1.54) is 12.1 Å². The number of carbonyl (C=O) groups is 2. The number of carbonyl (C=O) groups excluding carboxylic acids is 2. The molecule has 144 valence electrons. The van der Waals surface area contributed by atoms with Crippen molar-refractivity contribution in [1.29, 1.82) is 0 Å². The maximum Gasteiger partial charge on any atom is 0.271 e. The molecule has 0 N–H and O–H groups in total. The summed E-state index contributed by atoms with van der Waals surface area (Å²) in [7, 11) is 0. The van der Waals surface area contributed by atoms with Crippen LogP contribution in [-0.4, -0.2) is 59.8 Å². The molecule has 3 saturated heterocycles. The molecule has 1 atom stereocenters. The molecule has 3 aliphatic rings. The van der Waals surface area contributed by atoms with Gasteiger partial charge in [0.15, 0.2) is 5.79 Å². The molecular weight excluding hydrogens is 354 g/mol. The van der Waals surface area contributed by atoms with Gasteiger partial charge in [-0.2, -0.15) is 0 Å². The summed E-state index contributed by atoms with van der Waals surface area (Å²) < 4.78 is 11.4. The highest BCUT2D eigenvalue weighted by atomic mass is 16.7. The molecule has 0 bridgehead atoms. The number of benzene rings is 1. The maximum atomic E-state index is 13.0. The summed E-state index contributed by atoms with van der Waals surface area (Å²) in [6.45, 7) is 4.10. The molecule has 27 heavy (non-hydrogen) atoms. The lowest BCUT2D eigenvalue weighted by Gasteiger charge is -2.39. The molecule has 3 aliphatic heterocycles. The van der Waals surface area contributed by atoms with Crippen molar-refractivity contribution in [1.82, 2.24) is 4.90 Å². The number of ether oxygens (including phenoxy) is 2. The first kappa shape index (κ1) is 18.0. The van der Waals surface area contributed by atoms with Gasteiger partial charge < -0.3 is 9.47 Å². The predicted octanol–water partition coefficient (Wildman–Crippen LogP) is 1.37. The molecule has 0 aliphatic carbocycles. The van der Waals surface area contributed by atoms with Crippen LogP contribution in [0, 0.1) is 17.0 Å². The topological polar surface area (TPSA) is 102 Å². The minimum absolute atomic E-state index is 0.0790. The molecule has 1 aromatic rings. The summed E-state index contributed by atoms with van der Waals surface area (Å²) in [5.74, 6) is -1.20. The molecule has 4 rings (SSSR count). The van der Waals surface area contributed by atoms with E-state index in [1.54, 1.807) is 13.0 Å². The van der Waals surface area contributed by atoms with Gasteiger partial charge in [0.05, 0.1) is 36.3 Å². The smallest absolute Gasteiger partial charge is 0.271 e. The number of nitro benzene ring substituents is 1. The van der Waals surface area contributed by atoms with Crippen molar-refractivity contribution in [3.8, 4) is 0 Å². The van der Waals surface area contributed by atoms with Gasteiger partial charge in [-0.15, -0.1) is 0 Å². The third kappa shape index (κ3) is 3.11. The molecule has 2 amide bonds. The fourth-order valence-electron chi connectivity index (χ4n) is 4.07. The monoisotopic (exact) mass is 375 g/mol. The summed E-state index contributed by atoms with van der Waals surface area (Å²) in [5.41, 5.74) is 0.793. The molecular formula is C18H21N3O6. The van der Waals surface area contributed by atoms with Crippen LogP contribution >= 0.6 is 0 Å². The number of likely N-dealkylation sites (tertiary alicyclic amines) is 1. The molecule has 1 spiro atoms. The minimum Gasteiger partial charge on any atom is -0.347 e. The summed E-state index contributed by atoms with van der Waals surface area (Å²) in [5, 5.41) is 11.1. The Balaban J connectivity index is 1.53. The van der Waals surface area contributed by atoms with E-state index in [2.05, 4.69) is 0 Å². The molecule has 0 radical (unpaired) electrons. The maximum absolute atomic E-state index is 13.0. The number of hydrogen-bond donors (Lipinski definition) is 0. The second-order valence-corrected chi connectivity index (χ2v) is 7.16. The predicted molar refractivity (Wildman–Crippen MR) is 94.2 cm³/mol. The highest BCUT2D eigenvalue weighted by Crippen LogP contribution is 2.35. The standard InChI is InChI=1S/C18H21N3O6/c1-12-2-3-13(21(24)25)10-14(12)20-16(22)11-15(17(20)23)19-6-4-18(5-7-19)26-8-9-27-18/h2-3,10,15H,4-9,11H2,1H3/t15-/m1/s1. The number of nitrogens with zero attached hydrogens (tertiary/aromatic N) is 3. The highest BCUT2D eigenvalue weighted by Gasteiger charge is 2.47. The van der Waals surface area contributed by atoms with E-state index < -0.39 is 16.8 Å². The average Bonchev–Trinajstić information content (AvgIpc) is 3.21. The zero-order valence-corrected chi connectivity index (χ0v) is 15.1. The molecule has 1 aromatic carbocycles. The Hall–Kier alpha value is -2.36. The number of non-ortho nitro benzene ring substituents is 1. The van der Waals surface area contributed by atoms with Gasteiger partial charge in [0, 0.05) is 38.1 Å². The van der Waals surface area contributed by atoms with Crippen molar-refractivity contribution in [3.63, 3.8) is 0 Å². The van der Waals surface area contributed by atoms with Gasteiger partial charge >= 0.3 is 0 Å². The van der Waals surface area contributed by atoms with E-state index in [-0.39, 0.29) is 29.6 Å². The number of nitro groups is 1. The molecule has 0 aromatic heterocycles. The fraction of sp³-hybridized carbons (Fsp3) is 0.556. The van der Waals surface area contributed by atoms with E-state index >= 15 is 0 Å². The van der Waals surface area contributed by atoms with E-state index in [0.717, 1.165) is 4.90 Å². The van der Waals surface area contributed by atoms with Crippen LogP contribution in [0.25, 0.3) is 0 Å². The first-order valence-corrected chi connectivity index (χ1v) is 9.04.